The number of fused-ring (bicyclic) bond motifs is 3. The summed E-state index contributed by atoms with van der Waals surface area (Å²) < 4.78 is 6.31. The molecule has 3 heterocycles. The second kappa shape index (κ2) is 6.80. The Bertz CT molecular complexity index is 1070. The van der Waals surface area contributed by atoms with E-state index in [0.29, 0.717) is 15.8 Å². The maximum atomic E-state index is 6.48. The van der Waals surface area contributed by atoms with E-state index in [1.54, 1.807) is 18.5 Å². The number of hydrazone groups is 1. The number of ether oxygens (including phenoxy) is 1. The molecule has 3 aromatic rings. The van der Waals surface area contributed by atoms with E-state index >= 15 is 0 Å². The number of benzene rings is 2. The van der Waals surface area contributed by atoms with E-state index in [0.717, 1.165) is 28.8 Å². The molecular formula is C22H17Cl2N3O. The molecule has 0 aliphatic carbocycles. The number of hydrogen-bond acceptors (Lipinski definition) is 4. The minimum atomic E-state index is -0.396. The van der Waals surface area contributed by atoms with Crippen LogP contribution in [0.2, 0.25) is 10.0 Å². The lowest BCUT2D eigenvalue weighted by Gasteiger charge is -2.38. The zero-order valence-corrected chi connectivity index (χ0v) is 16.7. The standard InChI is InChI=1S/C22H17Cl2N3O/c1-13-4-6-14(7-5-13)19-11-20-17-9-16(23)10-18(24)21(17)28-22(27(20)26-19)15-3-2-8-25-12-15/h2-10,12,20,22H,11H2,1H3/t20-,22+/m1/s1. The van der Waals surface area contributed by atoms with Gasteiger partial charge in [0.2, 0.25) is 6.23 Å². The van der Waals surface area contributed by atoms with Crippen LogP contribution in [0.1, 0.15) is 40.9 Å². The molecular weight excluding hydrogens is 393 g/mol. The van der Waals surface area contributed by atoms with Gasteiger partial charge in [0.1, 0.15) is 5.75 Å². The zero-order valence-electron chi connectivity index (χ0n) is 15.1. The predicted octanol–water partition coefficient (Wildman–Crippen LogP) is 5.94. The number of aryl methyl sites for hydroxylation is 1. The summed E-state index contributed by atoms with van der Waals surface area (Å²) in [6.45, 7) is 2.08. The third-order valence-electron chi connectivity index (χ3n) is 5.16. The first-order valence-corrected chi connectivity index (χ1v) is 9.84. The molecule has 5 rings (SSSR count). The molecule has 140 valence electrons. The van der Waals surface area contributed by atoms with Crippen LogP contribution in [-0.2, 0) is 0 Å². The van der Waals surface area contributed by atoms with E-state index in [1.807, 2.05) is 23.2 Å². The molecule has 0 radical (unpaired) electrons. The van der Waals surface area contributed by atoms with Gasteiger partial charge in [-0.3, -0.25) is 4.98 Å². The molecule has 2 aromatic carbocycles. The smallest absolute Gasteiger partial charge is 0.215 e. The molecule has 2 aliphatic rings. The van der Waals surface area contributed by atoms with Crippen LogP contribution in [0.3, 0.4) is 0 Å². The Morgan fingerprint density at radius 3 is 2.68 bits per heavy atom. The van der Waals surface area contributed by atoms with Gasteiger partial charge in [0, 0.05) is 35.0 Å². The van der Waals surface area contributed by atoms with Gasteiger partial charge in [0.15, 0.2) is 0 Å². The molecule has 28 heavy (non-hydrogen) atoms. The largest absolute Gasteiger partial charge is 0.463 e. The number of hydrogen-bond donors (Lipinski definition) is 0. The van der Waals surface area contributed by atoms with E-state index < -0.39 is 6.23 Å². The summed E-state index contributed by atoms with van der Waals surface area (Å²) in [4.78, 5) is 4.24. The van der Waals surface area contributed by atoms with Gasteiger partial charge < -0.3 is 4.74 Å². The minimum absolute atomic E-state index is 0.00135. The Hall–Kier alpha value is -2.56. The third-order valence-corrected chi connectivity index (χ3v) is 5.66. The second-order valence-electron chi connectivity index (χ2n) is 7.08. The molecule has 1 aromatic heterocycles. The molecule has 0 spiro atoms. The summed E-state index contributed by atoms with van der Waals surface area (Å²) in [5.41, 5.74) is 5.24. The van der Waals surface area contributed by atoms with Crippen LogP contribution in [0, 0.1) is 6.92 Å². The van der Waals surface area contributed by atoms with Crippen molar-refractivity contribution in [1.29, 1.82) is 0 Å². The lowest BCUT2D eigenvalue weighted by atomic mass is 9.95. The first-order valence-electron chi connectivity index (χ1n) is 9.08. The van der Waals surface area contributed by atoms with Crippen LogP contribution in [0.5, 0.6) is 5.75 Å². The normalized spacial score (nSPS) is 20.2. The molecule has 0 saturated heterocycles. The van der Waals surface area contributed by atoms with E-state index in [1.165, 1.54) is 5.56 Å². The molecule has 4 nitrogen and oxygen atoms in total. The fourth-order valence-electron chi connectivity index (χ4n) is 3.78. The van der Waals surface area contributed by atoms with E-state index in [4.69, 9.17) is 33.0 Å². The number of aromatic nitrogens is 1. The van der Waals surface area contributed by atoms with Gasteiger partial charge in [-0.2, -0.15) is 5.10 Å². The first-order chi connectivity index (χ1) is 13.6. The van der Waals surface area contributed by atoms with Crippen molar-refractivity contribution < 1.29 is 4.74 Å². The van der Waals surface area contributed by atoms with Crippen molar-refractivity contribution in [2.45, 2.75) is 25.6 Å². The number of rotatable bonds is 2. The van der Waals surface area contributed by atoms with E-state index in [9.17, 15) is 0 Å². The molecule has 0 N–H and O–H groups in total. The third kappa shape index (κ3) is 2.93. The monoisotopic (exact) mass is 409 g/mol. The Kier molecular flexibility index (Phi) is 4.26. The van der Waals surface area contributed by atoms with E-state index in [-0.39, 0.29) is 6.04 Å². The lowest BCUT2D eigenvalue weighted by Crippen LogP contribution is -2.33. The highest BCUT2D eigenvalue weighted by Crippen LogP contribution is 2.50. The Morgan fingerprint density at radius 1 is 1.11 bits per heavy atom. The second-order valence-corrected chi connectivity index (χ2v) is 7.92. The van der Waals surface area contributed by atoms with Crippen molar-refractivity contribution >= 4 is 28.9 Å². The fourth-order valence-corrected chi connectivity index (χ4v) is 4.33. The van der Waals surface area contributed by atoms with Gasteiger partial charge in [0.05, 0.1) is 16.8 Å². The minimum Gasteiger partial charge on any atom is -0.463 e. The zero-order chi connectivity index (χ0) is 19.3. The number of nitrogens with zero attached hydrogens (tertiary/aromatic N) is 3. The average molecular weight is 410 g/mol. The SMILES string of the molecule is Cc1ccc(C2=NN3[C@H](C2)c2cc(Cl)cc(Cl)c2O[C@H]3c2cccnc2)cc1. The summed E-state index contributed by atoms with van der Waals surface area (Å²) in [5, 5.41) is 8.05. The molecule has 6 heteroatoms. The van der Waals surface area contributed by atoms with Gasteiger partial charge in [-0.1, -0.05) is 59.1 Å². The topological polar surface area (TPSA) is 37.7 Å². The van der Waals surface area contributed by atoms with Crippen molar-refractivity contribution in [2.75, 3.05) is 0 Å². The van der Waals surface area contributed by atoms with Crippen LogP contribution < -0.4 is 4.74 Å². The first kappa shape index (κ1) is 17.5. The maximum Gasteiger partial charge on any atom is 0.215 e. The van der Waals surface area contributed by atoms with Gasteiger partial charge in [-0.15, -0.1) is 0 Å². The van der Waals surface area contributed by atoms with Crippen LogP contribution in [0.15, 0.2) is 66.0 Å². The Labute approximate surface area is 173 Å². The summed E-state index contributed by atoms with van der Waals surface area (Å²) in [5.74, 6) is 0.668. The highest BCUT2D eigenvalue weighted by molar-refractivity contribution is 6.35. The van der Waals surface area contributed by atoms with Crippen LogP contribution >= 0.6 is 23.2 Å². The Balaban J connectivity index is 1.63. The predicted molar refractivity (Wildman–Crippen MR) is 111 cm³/mol. The van der Waals surface area contributed by atoms with Crippen LogP contribution in [-0.4, -0.2) is 15.7 Å². The van der Waals surface area contributed by atoms with Crippen LogP contribution in [0.25, 0.3) is 0 Å². The molecule has 0 fully saturated rings. The van der Waals surface area contributed by atoms with E-state index in [2.05, 4.69) is 36.2 Å². The van der Waals surface area contributed by atoms with Crippen molar-refractivity contribution in [3.63, 3.8) is 0 Å². The van der Waals surface area contributed by atoms with Gasteiger partial charge in [-0.05, 0) is 30.7 Å². The molecule has 0 saturated carbocycles. The Morgan fingerprint density at radius 2 is 1.93 bits per heavy atom. The quantitative estimate of drug-likeness (QED) is 0.525. The summed E-state index contributed by atoms with van der Waals surface area (Å²) >= 11 is 12.8. The average Bonchev–Trinajstić information content (AvgIpc) is 3.14. The van der Waals surface area contributed by atoms with Gasteiger partial charge >= 0.3 is 0 Å². The van der Waals surface area contributed by atoms with Gasteiger partial charge in [-0.25, -0.2) is 5.01 Å². The lowest BCUT2D eigenvalue weighted by molar-refractivity contribution is -0.0191. The molecule has 2 aliphatic heterocycles. The molecule has 2 atom stereocenters. The molecule has 0 bridgehead atoms. The molecule has 0 amide bonds. The number of pyridine rings is 1. The van der Waals surface area contributed by atoms with Crippen molar-refractivity contribution in [3.05, 3.63) is 93.2 Å². The molecule has 0 unspecified atom stereocenters. The fraction of sp³-hybridized carbons (Fsp3) is 0.182. The van der Waals surface area contributed by atoms with Crippen LogP contribution in [0.4, 0.5) is 0 Å². The van der Waals surface area contributed by atoms with Crippen molar-refractivity contribution in [3.8, 4) is 5.75 Å². The highest BCUT2D eigenvalue weighted by Gasteiger charge is 2.42. The number of halogens is 2. The van der Waals surface area contributed by atoms with Gasteiger partial charge in [0.25, 0.3) is 0 Å². The summed E-state index contributed by atoms with van der Waals surface area (Å²) in [6, 6.07) is 16.0. The van der Waals surface area contributed by atoms with Crippen molar-refractivity contribution in [2.24, 2.45) is 5.10 Å². The maximum absolute atomic E-state index is 6.48. The summed E-state index contributed by atoms with van der Waals surface area (Å²) in [7, 11) is 0. The summed E-state index contributed by atoms with van der Waals surface area (Å²) in [6.07, 6.45) is 3.91. The highest BCUT2D eigenvalue weighted by atomic mass is 35.5. The van der Waals surface area contributed by atoms with Crippen molar-refractivity contribution in [1.82, 2.24) is 9.99 Å².